The second-order valence-corrected chi connectivity index (χ2v) is 4.12. The number of nitrogens with zero attached hydrogens (tertiary/aromatic N) is 3. The van der Waals surface area contributed by atoms with Crippen LogP contribution in [0.5, 0.6) is 0 Å². The van der Waals surface area contributed by atoms with Crippen LogP contribution in [-0.4, -0.2) is 5.71 Å². The Kier molecular flexibility index (Phi) is 4.87. The van der Waals surface area contributed by atoms with Gasteiger partial charge < -0.3 is 0 Å². The maximum Gasteiger partial charge on any atom is 0.198 e. The molecule has 0 aliphatic rings. The molecule has 0 amide bonds. The fourth-order valence-electron chi connectivity index (χ4n) is 1.81. The van der Waals surface area contributed by atoms with Crippen LogP contribution in [0.25, 0.3) is 5.57 Å². The van der Waals surface area contributed by atoms with Crippen molar-refractivity contribution in [1.29, 1.82) is 10.5 Å². The van der Waals surface area contributed by atoms with Gasteiger partial charge in [-0.05, 0) is 11.6 Å². The summed E-state index contributed by atoms with van der Waals surface area (Å²) < 4.78 is 0. The molecule has 0 spiro atoms. The third-order valence-electron chi connectivity index (χ3n) is 2.78. The summed E-state index contributed by atoms with van der Waals surface area (Å²) in [4.78, 5) is 0. The second kappa shape index (κ2) is 7.28. The topological polar surface area (TPSA) is 72.0 Å². The number of nitriles is 2. The van der Waals surface area contributed by atoms with E-state index in [0.29, 0.717) is 11.3 Å². The second-order valence-electron chi connectivity index (χ2n) is 4.12. The number of hydrogen-bond acceptors (Lipinski definition) is 4. The summed E-state index contributed by atoms with van der Waals surface area (Å²) in [7, 11) is 0. The number of hydrogen-bond donors (Lipinski definition) is 1. The third-order valence-corrected chi connectivity index (χ3v) is 2.78. The van der Waals surface area contributed by atoms with Crippen LogP contribution < -0.4 is 5.43 Å². The van der Waals surface area contributed by atoms with Gasteiger partial charge in [-0.3, -0.25) is 0 Å². The predicted octanol–water partition coefficient (Wildman–Crippen LogP) is 3.07. The lowest BCUT2D eigenvalue weighted by atomic mass is 10.0. The molecule has 0 atom stereocenters. The first-order chi connectivity index (χ1) is 10.3. The normalized spacial score (nSPS) is 11.3. The molecule has 0 bridgehead atoms. The first kappa shape index (κ1) is 14.0. The maximum atomic E-state index is 9.34. The smallest absolute Gasteiger partial charge is 0.198 e. The molecule has 0 saturated heterocycles. The number of allylic oxidation sites excluding steroid dienone is 2. The van der Waals surface area contributed by atoms with E-state index >= 15 is 0 Å². The summed E-state index contributed by atoms with van der Waals surface area (Å²) in [5.74, 6) is 0. The van der Waals surface area contributed by atoms with Gasteiger partial charge in [-0.25, -0.2) is 5.43 Å². The number of nitrogens with one attached hydrogen (secondary N) is 1. The molecule has 100 valence electrons. The lowest BCUT2D eigenvalue weighted by molar-refractivity contribution is 0.985. The van der Waals surface area contributed by atoms with E-state index < -0.39 is 0 Å². The Morgan fingerprint density at radius 2 is 1.48 bits per heavy atom. The molecule has 2 aromatic rings. The van der Waals surface area contributed by atoms with Gasteiger partial charge >= 0.3 is 0 Å². The Bertz CT molecular complexity index is 732. The SMILES string of the molecule is N#CN/N=C(\C=C(/C#N)c1ccccc1)c1ccccc1. The van der Waals surface area contributed by atoms with Crippen molar-refractivity contribution < 1.29 is 0 Å². The summed E-state index contributed by atoms with van der Waals surface area (Å²) in [5, 5.41) is 22.0. The zero-order chi connectivity index (χ0) is 14.9. The highest BCUT2D eigenvalue weighted by atomic mass is 15.3. The minimum absolute atomic E-state index is 0.484. The molecule has 0 radical (unpaired) electrons. The molecule has 0 aliphatic carbocycles. The lowest BCUT2D eigenvalue weighted by Crippen LogP contribution is -2.05. The first-order valence-corrected chi connectivity index (χ1v) is 6.29. The summed E-state index contributed by atoms with van der Waals surface area (Å²) in [5.41, 5.74) is 4.91. The van der Waals surface area contributed by atoms with Crippen LogP contribution in [-0.2, 0) is 0 Å². The molecule has 0 fully saturated rings. The van der Waals surface area contributed by atoms with Gasteiger partial charge in [0.05, 0.1) is 17.4 Å². The summed E-state index contributed by atoms with van der Waals surface area (Å²) in [6.45, 7) is 0. The van der Waals surface area contributed by atoms with Crippen molar-refractivity contribution in [3.63, 3.8) is 0 Å². The molecule has 0 saturated carbocycles. The highest BCUT2D eigenvalue weighted by Gasteiger charge is 2.05. The standard InChI is InChI=1S/C17H12N4/c18-12-16(14-7-3-1-4-8-14)11-17(21-20-13-19)15-9-5-2-6-10-15/h1-11,20H/b16-11+,21-17+. The minimum Gasteiger partial charge on any atom is -0.213 e. The maximum absolute atomic E-state index is 9.34. The number of benzene rings is 2. The Morgan fingerprint density at radius 3 is 2.00 bits per heavy atom. The fourth-order valence-corrected chi connectivity index (χ4v) is 1.81. The molecule has 4 heteroatoms. The molecule has 2 rings (SSSR count). The quantitative estimate of drug-likeness (QED) is 0.305. The van der Waals surface area contributed by atoms with E-state index in [1.165, 1.54) is 0 Å². The van der Waals surface area contributed by atoms with Crippen LogP contribution in [0.1, 0.15) is 11.1 Å². The van der Waals surface area contributed by atoms with E-state index in [1.54, 1.807) is 12.3 Å². The van der Waals surface area contributed by atoms with Gasteiger partial charge in [0.25, 0.3) is 0 Å². The largest absolute Gasteiger partial charge is 0.213 e. The number of rotatable bonds is 4. The summed E-state index contributed by atoms with van der Waals surface area (Å²) >= 11 is 0. The van der Waals surface area contributed by atoms with E-state index in [4.69, 9.17) is 5.26 Å². The first-order valence-electron chi connectivity index (χ1n) is 6.29. The van der Waals surface area contributed by atoms with Gasteiger partial charge in [0.15, 0.2) is 6.19 Å². The molecule has 0 heterocycles. The fraction of sp³-hybridized carbons (Fsp3) is 0. The molecule has 0 unspecified atom stereocenters. The molecule has 2 aromatic carbocycles. The van der Waals surface area contributed by atoms with Crippen LogP contribution in [0.15, 0.2) is 71.8 Å². The van der Waals surface area contributed by atoms with Crippen LogP contribution >= 0.6 is 0 Å². The van der Waals surface area contributed by atoms with E-state index in [2.05, 4.69) is 16.6 Å². The summed E-state index contributed by atoms with van der Waals surface area (Å²) in [6.07, 6.45) is 3.41. The van der Waals surface area contributed by atoms with Crippen LogP contribution in [0, 0.1) is 22.8 Å². The van der Waals surface area contributed by atoms with Gasteiger partial charge in [0.2, 0.25) is 0 Å². The van der Waals surface area contributed by atoms with Crippen LogP contribution in [0.4, 0.5) is 0 Å². The molecule has 0 aromatic heterocycles. The Morgan fingerprint density at radius 1 is 0.905 bits per heavy atom. The van der Waals surface area contributed by atoms with E-state index in [0.717, 1.165) is 11.1 Å². The molecule has 0 aliphatic heterocycles. The van der Waals surface area contributed by atoms with Crippen molar-refractivity contribution in [2.24, 2.45) is 5.10 Å². The van der Waals surface area contributed by atoms with E-state index in [9.17, 15) is 5.26 Å². The van der Waals surface area contributed by atoms with Crippen LogP contribution in [0.2, 0.25) is 0 Å². The van der Waals surface area contributed by atoms with Gasteiger partial charge in [0.1, 0.15) is 0 Å². The van der Waals surface area contributed by atoms with E-state index in [1.807, 2.05) is 60.7 Å². The van der Waals surface area contributed by atoms with Crippen molar-refractivity contribution in [1.82, 2.24) is 5.43 Å². The molecule has 21 heavy (non-hydrogen) atoms. The van der Waals surface area contributed by atoms with Gasteiger partial charge in [-0.1, -0.05) is 60.7 Å². The highest BCUT2D eigenvalue weighted by Crippen LogP contribution is 2.15. The third kappa shape index (κ3) is 3.79. The Balaban J connectivity index is 2.45. The monoisotopic (exact) mass is 272 g/mol. The lowest BCUT2D eigenvalue weighted by Gasteiger charge is -2.03. The zero-order valence-corrected chi connectivity index (χ0v) is 11.2. The summed E-state index contributed by atoms with van der Waals surface area (Å²) in [6, 6.07) is 20.9. The minimum atomic E-state index is 0.484. The molecular formula is C17H12N4. The Hall–Kier alpha value is -3.37. The van der Waals surface area contributed by atoms with Crippen molar-refractivity contribution in [2.45, 2.75) is 0 Å². The van der Waals surface area contributed by atoms with Gasteiger partial charge in [-0.2, -0.15) is 15.6 Å². The van der Waals surface area contributed by atoms with Crippen molar-refractivity contribution in [3.05, 3.63) is 77.9 Å². The van der Waals surface area contributed by atoms with E-state index in [-0.39, 0.29) is 0 Å². The van der Waals surface area contributed by atoms with Crippen LogP contribution in [0.3, 0.4) is 0 Å². The highest BCUT2D eigenvalue weighted by molar-refractivity contribution is 6.13. The van der Waals surface area contributed by atoms with Crippen molar-refractivity contribution in [3.8, 4) is 12.3 Å². The van der Waals surface area contributed by atoms with Crippen molar-refractivity contribution >= 4 is 11.3 Å². The average Bonchev–Trinajstić information content (AvgIpc) is 2.57. The Labute approximate surface area is 123 Å². The number of hydrazone groups is 1. The molecule has 4 nitrogen and oxygen atoms in total. The average molecular weight is 272 g/mol. The predicted molar refractivity (Wildman–Crippen MR) is 81.8 cm³/mol. The van der Waals surface area contributed by atoms with Gasteiger partial charge in [0, 0.05) is 5.56 Å². The molecule has 1 N–H and O–H groups in total. The van der Waals surface area contributed by atoms with Gasteiger partial charge in [-0.15, -0.1) is 0 Å². The zero-order valence-electron chi connectivity index (χ0n) is 11.2. The molecular weight excluding hydrogens is 260 g/mol. The van der Waals surface area contributed by atoms with Crippen molar-refractivity contribution in [2.75, 3.05) is 0 Å².